The third kappa shape index (κ3) is 3.14. The van der Waals surface area contributed by atoms with Gasteiger partial charge in [-0.05, 0) is 25.6 Å². The molecule has 0 saturated carbocycles. The summed E-state index contributed by atoms with van der Waals surface area (Å²) in [6, 6.07) is 3.64. The first-order valence-electron chi connectivity index (χ1n) is 4.66. The number of likely N-dealkylation sites (N-methyl/N-ethyl adjacent to an activating group) is 1. The lowest BCUT2D eigenvalue weighted by molar-refractivity contribution is -0.115. The summed E-state index contributed by atoms with van der Waals surface area (Å²) >= 11 is 0. The first-order valence-corrected chi connectivity index (χ1v) is 4.66. The van der Waals surface area contributed by atoms with Crippen molar-refractivity contribution < 1.29 is 4.79 Å². The Morgan fingerprint density at radius 1 is 1.57 bits per heavy atom. The van der Waals surface area contributed by atoms with Gasteiger partial charge in [0.25, 0.3) is 0 Å². The predicted octanol–water partition coefficient (Wildman–Crippen LogP) is 0.938. The molecule has 0 atom stereocenters. The minimum Gasteiger partial charge on any atom is -0.323 e. The maximum atomic E-state index is 11.3. The average molecular weight is 193 g/mol. The van der Waals surface area contributed by atoms with Gasteiger partial charge in [-0.3, -0.25) is 9.78 Å². The molecular weight excluding hydrogens is 178 g/mol. The lowest BCUT2D eigenvalue weighted by atomic mass is 10.3. The SMILES string of the molecule is CCNCC(=O)Nc1cccnc1C. The van der Waals surface area contributed by atoms with E-state index < -0.39 is 0 Å². The number of pyridine rings is 1. The van der Waals surface area contributed by atoms with Crippen molar-refractivity contribution in [3.05, 3.63) is 24.0 Å². The molecular formula is C10H15N3O. The maximum Gasteiger partial charge on any atom is 0.238 e. The van der Waals surface area contributed by atoms with E-state index in [4.69, 9.17) is 0 Å². The lowest BCUT2D eigenvalue weighted by Gasteiger charge is -2.06. The summed E-state index contributed by atoms with van der Waals surface area (Å²) in [7, 11) is 0. The number of hydrogen-bond donors (Lipinski definition) is 2. The molecule has 1 rings (SSSR count). The Bertz CT molecular complexity index is 312. The molecule has 1 heterocycles. The van der Waals surface area contributed by atoms with Crippen LogP contribution in [-0.4, -0.2) is 24.0 Å². The Morgan fingerprint density at radius 3 is 3.00 bits per heavy atom. The van der Waals surface area contributed by atoms with E-state index in [1.54, 1.807) is 12.3 Å². The molecule has 0 aliphatic rings. The zero-order valence-electron chi connectivity index (χ0n) is 8.50. The van der Waals surface area contributed by atoms with Gasteiger partial charge in [0.2, 0.25) is 5.91 Å². The zero-order valence-corrected chi connectivity index (χ0v) is 8.50. The fraction of sp³-hybridized carbons (Fsp3) is 0.400. The van der Waals surface area contributed by atoms with Crippen molar-refractivity contribution in [3.63, 3.8) is 0 Å². The lowest BCUT2D eigenvalue weighted by Crippen LogP contribution is -2.28. The van der Waals surface area contributed by atoms with Crippen LogP contribution in [-0.2, 0) is 4.79 Å². The summed E-state index contributed by atoms with van der Waals surface area (Å²) in [4.78, 5) is 15.4. The third-order valence-corrected chi connectivity index (χ3v) is 1.82. The van der Waals surface area contributed by atoms with E-state index in [0.29, 0.717) is 6.54 Å². The number of anilines is 1. The van der Waals surface area contributed by atoms with E-state index in [2.05, 4.69) is 15.6 Å². The standard InChI is InChI=1S/C10H15N3O/c1-3-11-7-10(14)13-9-5-4-6-12-8(9)2/h4-6,11H,3,7H2,1-2H3,(H,13,14). The summed E-state index contributed by atoms with van der Waals surface area (Å²) in [5, 5.41) is 5.74. The van der Waals surface area contributed by atoms with Crippen molar-refractivity contribution in [1.82, 2.24) is 10.3 Å². The van der Waals surface area contributed by atoms with E-state index in [9.17, 15) is 4.79 Å². The molecule has 1 amide bonds. The van der Waals surface area contributed by atoms with Crippen molar-refractivity contribution in [2.24, 2.45) is 0 Å². The first-order chi connectivity index (χ1) is 6.74. The molecule has 0 fully saturated rings. The second-order valence-electron chi connectivity index (χ2n) is 2.96. The highest BCUT2D eigenvalue weighted by Crippen LogP contribution is 2.09. The fourth-order valence-electron chi connectivity index (χ4n) is 1.05. The van der Waals surface area contributed by atoms with Gasteiger partial charge in [-0.25, -0.2) is 0 Å². The smallest absolute Gasteiger partial charge is 0.238 e. The molecule has 0 aliphatic heterocycles. The van der Waals surface area contributed by atoms with E-state index >= 15 is 0 Å². The second kappa shape index (κ2) is 5.34. The Kier molecular flexibility index (Phi) is 4.07. The van der Waals surface area contributed by atoms with Gasteiger partial charge in [-0.15, -0.1) is 0 Å². The topological polar surface area (TPSA) is 54.0 Å². The number of amides is 1. The summed E-state index contributed by atoms with van der Waals surface area (Å²) < 4.78 is 0. The van der Waals surface area contributed by atoms with Crippen LogP contribution in [0.25, 0.3) is 0 Å². The molecule has 0 radical (unpaired) electrons. The van der Waals surface area contributed by atoms with Crippen molar-refractivity contribution in [2.45, 2.75) is 13.8 Å². The fourth-order valence-corrected chi connectivity index (χ4v) is 1.05. The number of hydrogen-bond acceptors (Lipinski definition) is 3. The van der Waals surface area contributed by atoms with Gasteiger partial charge in [0.1, 0.15) is 0 Å². The molecule has 0 aromatic carbocycles. The molecule has 14 heavy (non-hydrogen) atoms. The van der Waals surface area contributed by atoms with Crippen LogP contribution in [0.15, 0.2) is 18.3 Å². The average Bonchev–Trinajstić information content (AvgIpc) is 2.18. The number of nitrogens with one attached hydrogen (secondary N) is 2. The van der Waals surface area contributed by atoms with Gasteiger partial charge in [0.05, 0.1) is 17.9 Å². The summed E-state index contributed by atoms with van der Waals surface area (Å²) in [6.07, 6.45) is 1.70. The van der Waals surface area contributed by atoms with Crippen LogP contribution in [0.4, 0.5) is 5.69 Å². The molecule has 0 aliphatic carbocycles. The normalized spacial score (nSPS) is 9.86. The summed E-state index contributed by atoms with van der Waals surface area (Å²) in [5.74, 6) is -0.0389. The van der Waals surface area contributed by atoms with Crippen molar-refractivity contribution >= 4 is 11.6 Å². The van der Waals surface area contributed by atoms with Crippen LogP contribution >= 0.6 is 0 Å². The molecule has 1 aromatic heterocycles. The highest BCUT2D eigenvalue weighted by atomic mass is 16.1. The number of aromatic nitrogens is 1. The number of carbonyl (C=O) groups is 1. The second-order valence-corrected chi connectivity index (χ2v) is 2.96. The molecule has 0 bridgehead atoms. The van der Waals surface area contributed by atoms with Crippen LogP contribution < -0.4 is 10.6 Å². The Labute approximate surface area is 83.7 Å². The van der Waals surface area contributed by atoms with Gasteiger partial charge in [0, 0.05) is 6.20 Å². The first kappa shape index (κ1) is 10.7. The van der Waals surface area contributed by atoms with Crippen molar-refractivity contribution in [3.8, 4) is 0 Å². The molecule has 1 aromatic rings. The summed E-state index contributed by atoms with van der Waals surface area (Å²) in [5.41, 5.74) is 1.60. The monoisotopic (exact) mass is 193 g/mol. The minimum absolute atomic E-state index is 0.0389. The van der Waals surface area contributed by atoms with Crippen molar-refractivity contribution in [1.29, 1.82) is 0 Å². The van der Waals surface area contributed by atoms with Gasteiger partial charge in [-0.1, -0.05) is 6.92 Å². The molecule has 4 nitrogen and oxygen atoms in total. The van der Waals surface area contributed by atoms with Crippen LogP contribution in [0.2, 0.25) is 0 Å². The Balaban J connectivity index is 2.52. The highest BCUT2D eigenvalue weighted by Gasteiger charge is 2.02. The molecule has 0 saturated heterocycles. The van der Waals surface area contributed by atoms with E-state index in [1.807, 2.05) is 19.9 Å². The maximum absolute atomic E-state index is 11.3. The molecule has 2 N–H and O–H groups in total. The highest BCUT2D eigenvalue weighted by molar-refractivity contribution is 5.92. The van der Waals surface area contributed by atoms with E-state index in [1.165, 1.54) is 0 Å². The predicted molar refractivity (Wildman–Crippen MR) is 56.1 cm³/mol. The third-order valence-electron chi connectivity index (χ3n) is 1.82. The van der Waals surface area contributed by atoms with Gasteiger partial charge >= 0.3 is 0 Å². The van der Waals surface area contributed by atoms with Crippen LogP contribution in [0.1, 0.15) is 12.6 Å². The summed E-state index contributed by atoms with van der Waals surface area (Å²) in [6.45, 7) is 4.95. The van der Waals surface area contributed by atoms with Gasteiger partial charge in [0.15, 0.2) is 0 Å². The van der Waals surface area contributed by atoms with Crippen molar-refractivity contribution in [2.75, 3.05) is 18.4 Å². The number of carbonyl (C=O) groups excluding carboxylic acids is 1. The molecule has 4 heteroatoms. The van der Waals surface area contributed by atoms with Crippen LogP contribution in [0.3, 0.4) is 0 Å². The van der Waals surface area contributed by atoms with E-state index in [0.717, 1.165) is 17.9 Å². The van der Waals surface area contributed by atoms with Gasteiger partial charge in [-0.2, -0.15) is 0 Å². The number of aryl methyl sites for hydroxylation is 1. The molecule has 0 spiro atoms. The van der Waals surface area contributed by atoms with Gasteiger partial charge < -0.3 is 10.6 Å². The zero-order chi connectivity index (χ0) is 10.4. The number of rotatable bonds is 4. The minimum atomic E-state index is -0.0389. The quantitative estimate of drug-likeness (QED) is 0.748. The van der Waals surface area contributed by atoms with Crippen LogP contribution in [0, 0.1) is 6.92 Å². The van der Waals surface area contributed by atoms with Crippen LogP contribution in [0.5, 0.6) is 0 Å². The molecule has 76 valence electrons. The Hall–Kier alpha value is -1.42. The number of nitrogens with zero attached hydrogens (tertiary/aromatic N) is 1. The molecule has 0 unspecified atom stereocenters. The largest absolute Gasteiger partial charge is 0.323 e. The van der Waals surface area contributed by atoms with E-state index in [-0.39, 0.29) is 5.91 Å². The Morgan fingerprint density at radius 2 is 2.36 bits per heavy atom.